The van der Waals surface area contributed by atoms with Crippen molar-refractivity contribution in [2.75, 3.05) is 20.3 Å². The van der Waals surface area contributed by atoms with E-state index in [1.165, 1.54) is 5.56 Å². The van der Waals surface area contributed by atoms with Gasteiger partial charge in [0.25, 0.3) is 0 Å². The molecule has 0 aliphatic heterocycles. The van der Waals surface area contributed by atoms with Crippen LogP contribution in [0, 0.1) is 13.8 Å². The molecule has 25 heavy (non-hydrogen) atoms. The number of urea groups is 1. The number of methoxy groups -OCH3 is 1. The summed E-state index contributed by atoms with van der Waals surface area (Å²) in [6, 6.07) is 13.5. The number of para-hydroxylation sites is 1. The minimum absolute atomic E-state index is 0.0911. The molecular weight excluding hydrogens is 316 g/mol. The third-order valence-corrected chi connectivity index (χ3v) is 4.14. The van der Waals surface area contributed by atoms with Crippen LogP contribution in [0.25, 0.3) is 0 Å². The molecule has 0 bridgehead atoms. The Labute approximate surface area is 149 Å². The number of amides is 2. The Hall–Kier alpha value is -2.53. The first-order chi connectivity index (χ1) is 12.0. The van der Waals surface area contributed by atoms with Gasteiger partial charge in [-0.05, 0) is 31.0 Å². The van der Waals surface area contributed by atoms with Crippen molar-refractivity contribution in [3.8, 4) is 5.75 Å². The smallest absolute Gasteiger partial charge is 0.318 e. The van der Waals surface area contributed by atoms with Crippen LogP contribution >= 0.6 is 0 Å². The lowest BCUT2D eigenvalue weighted by Crippen LogP contribution is -2.40. The molecule has 0 unspecified atom stereocenters. The summed E-state index contributed by atoms with van der Waals surface area (Å²) in [6.07, 6.45) is 0. The average molecular weight is 342 g/mol. The normalized spacial score (nSPS) is 10.4. The molecule has 2 N–H and O–H groups in total. The van der Waals surface area contributed by atoms with E-state index >= 15 is 0 Å². The van der Waals surface area contributed by atoms with Gasteiger partial charge >= 0.3 is 6.03 Å². The first kappa shape index (κ1) is 18.8. The second kappa shape index (κ2) is 9.08. The summed E-state index contributed by atoms with van der Waals surface area (Å²) in [5.41, 5.74) is 4.34. The monoisotopic (exact) mass is 342 g/mol. The molecule has 134 valence electrons. The Morgan fingerprint density at radius 1 is 1.16 bits per heavy atom. The third kappa shape index (κ3) is 5.22. The second-order valence-electron chi connectivity index (χ2n) is 6.05. The summed E-state index contributed by atoms with van der Waals surface area (Å²) in [5, 5.41) is 12.2. The Morgan fingerprint density at radius 3 is 2.60 bits per heavy atom. The van der Waals surface area contributed by atoms with Crippen LogP contribution < -0.4 is 10.1 Å². The predicted octanol–water partition coefficient (Wildman–Crippen LogP) is 3.02. The molecular formula is C20H26N2O3. The van der Waals surface area contributed by atoms with Crippen molar-refractivity contribution in [3.05, 3.63) is 64.7 Å². The maximum atomic E-state index is 12.6. The molecule has 0 atom stereocenters. The number of ether oxygens (including phenoxy) is 1. The minimum Gasteiger partial charge on any atom is -0.496 e. The molecule has 2 rings (SSSR count). The molecule has 0 saturated carbocycles. The number of carbonyl (C=O) groups is 1. The van der Waals surface area contributed by atoms with E-state index in [0.717, 1.165) is 22.4 Å². The summed E-state index contributed by atoms with van der Waals surface area (Å²) < 4.78 is 5.34. The van der Waals surface area contributed by atoms with Crippen molar-refractivity contribution in [3.63, 3.8) is 0 Å². The van der Waals surface area contributed by atoms with Crippen molar-refractivity contribution < 1.29 is 14.6 Å². The SMILES string of the molecule is COc1ccccc1CN(CCO)C(=O)NCc1ccc(C)cc1C. The highest BCUT2D eigenvalue weighted by Gasteiger charge is 2.15. The number of hydrogen-bond donors (Lipinski definition) is 2. The van der Waals surface area contributed by atoms with E-state index in [4.69, 9.17) is 4.74 Å². The number of aryl methyl sites for hydroxylation is 2. The summed E-state index contributed by atoms with van der Waals surface area (Å²) in [6.45, 7) is 5.09. The van der Waals surface area contributed by atoms with E-state index < -0.39 is 0 Å². The van der Waals surface area contributed by atoms with Crippen molar-refractivity contribution >= 4 is 6.03 Å². The number of hydrogen-bond acceptors (Lipinski definition) is 3. The molecule has 0 saturated heterocycles. The van der Waals surface area contributed by atoms with Gasteiger partial charge in [0.15, 0.2) is 0 Å². The molecule has 0 aromatic heterocycles. The fraction of sp³-hybridized carbons (Fsp3) is 0.350. The van der Waals surface area contributed by atoms with Crippen LogP contribution in [0.5, 0.6) is 5.75 Å². The zero-order chi connectivity index (χ0) is 18.2. The van der Waals surface area contributed by atoms with Gasteiger partial charge in [0.1, 0.15) is 5.75 Å². The Morgan fingerprint density at radius 2 is 1.92 bits per heavy atom. The molecule has 0 heterocycles. The molecule has 2 amide bonds. The van der Waals surface area contributed by atoms with E-state index in [2.05, 4.69) is 11.4 Å². The van der Waals surface area contributed by atoms with Crippen LogP contribution in [0.2, 0.25) is 0 Å². The van der Waals surface area contributed by atoms with Crippen LogP contribution in [0.3, 0.4) is 0 Å². The number of aliphatic hydroxyl groups excluding tert-OH is 1. The predicted molar refractivity (Wildman–Crippen MR) is 98.6 cm³/mol. The number of carbonyl (C=O) groups excluding carboxylic acids is 1. The van der Waals surface area contributed by atoms with Crippen molar-refractivity contribution in [1.29, 1.82) is 0 Å². The van der Waals surface area contributed by atoms with Crippen LogP contribution in [-0.4, -0.2) is 36.3 Å². The van der Waals surface area contributed by atoms with Crippen molar-refractivity contribution in [2.45, 2.75) is 26.9 Å². The molecule has 0 spiro atoms. The highest BCUT2D eigenvalue weighted by molar-refractivity contribution is 5.74. The zero-order valence-corrected chi connectivity index (χ0v) is 15.1. The molecule has 5 heteroatoms. The van der Waals surface area contributed by atoms with Crippen molar-refractivity contribution in [1.82, 2.24) is 10.2 Å². The third-order valence-electron chi connectivity index (χ3n) is 4.14. The van der Waals surface area contributed by atoms with E-state index in [-0.39, 0.29) is 19.2 Å². The minimum atomic E-state index is -0.208. The molecule has 0 aliphatic rings. The van der Waals surface area contributed by atoms with Gasteiger partial charge in [-0.15, -0.1) is 0 Å². The molecule has 0 aliphatic carbocycles. The van der Waals surface area contributed by atoms with Crippen LogP contribution in [0.15, 0.2) is 42.5 Å². The second-order valence-corrected chi connectivity index (χ2v) is 6.05. The Kier molecular flexibility index (Phi) is 6.83. The van der Waals surface area contributed by atoms with E-state index in [1.54, 1.807) is 12.0 Å². The van der Waals surface area contributed by atoms with E-state index in [0.29, 0.717) is 13.1 Å². The standard InChI is InChI=1S/C20H26N2O3/c1-15-8-9-17(16(2)12-15)13-21-20(24)22(10-11-23)14-18-6-4-5-7-19(18)25-3/h4-9,12,23H,10-11,13-14H2,1-3H3,(H,21,24). The molecule has 2 aromatic carbocycles. The van der Waals surface area contributed by atoms with E-state index in [1.807, 2.05) is 50.2 Å². The fourth-order valence-corrected chi connectivity index (χ4v) is 2.74. The lowest BCUT2D eigenvalue weighted by Gasteiger charge is -2.23. The Balaban J connectivity index is 2.04. The maximum absolute atomic E-state index is 12.6. The van der Waals surface area contributed by atoms with Gasteiger partial charge in [-0.3, -0.25) is 0 Å². The fourth-order valence-electron chi connectivity index (χ4n) is 2.74. The lowest BCUT2D eigenvalue weighted by atomic mass is 10.1. The number of nitrogens with zero attached hydrogens (tertiary/aromatic N) is 1. The lowest BCUT2D eigenvalue weighted by molar-refractivity contribution is 0.173. The molecule has 2 aromatic rings. The summed E-state index contributed by atoms with van der Waals surface area (Å²) in [4.78, 5) is 14.1. The topological polar surface area (TPSA) is 61.8 Å². The van der Waals surface area contributed by atoms with Crippen LogP contribution in [0.1, 0.15) is 22.3 Å². The molecule has 0 fully saturated rings. The first-order valence-electron chi connectivity index (χ1n) is 8.36. The van der Waals surface area contributed by atoms with Gasteiger partial charge in [0, 0.05) is 18.7 Å². The largest absolute Gasteiger partial charge is 0.496 e. The van der Waals surface area contributed by atoms with Gasteiger partial charge in [-0.2, -0.15) is 0 Å². The number of rotatable bonds is 7. The van der Waals surface area contributed by atoms with Crippen molar-refractivity contribution in [2.24, 2.45) is 0 Å². The summed E-state index contributed by atoms with van der Waals surface area (Å²) in [5.74, 6) is 0.729. The van der Waals surface area contributed by atoms with Crippen LogP contribution in [-0.2, 0) is 13.1 Å². The number of aliphatic hydroxyl groups is 1. The van der Waals surface area contributed by atoms with Gasteiger partial charge in [-0.25, -0.2) is 4.79 Å². The summed E-state index contributed by atoms with van der Waals surface area (Å²) >= 11 is 0. The Bertz CT molecular complexity index is 716. The van der Waals surface area contributed by atoms with Crippen LogP contribution in [0.4, 0.5) is 4.79 Å². The average Bonchev–Trinajstić information content (AvgIpc) is 2.60. The molecule has 5 nitrogen and oxygen atoms in total. The van der Waals surface area contributed by atoms with Gasteiger partial charge in [0.05, 0.1) is 20.3 Å². The van der Waals surface area contributed by atoms with Gasteiger partial charge in [0.2, 0.25) is 0 Å². The highest BCUT2D eigenvalue weighted by atomic mass is 16.5. The summed E-state index contributed by atoms with van der Waals surface area (Å²) in [7, 11) is 1.61. The molecule has 0 radical (unpaired) electrons. The first-order valence-corrected chi connectivity index (χ1v) is 8.36. The quantitative estimate of drug-likeness (QED) is 0.813. The van der Waals surface area contributed by atoms with Gasteiger partial charge < -0.3 is 20.1 Å². The number of nitrogens with one attached hydrogen (secondary N) is 1. The zero-order valence-electron chi connectivity index (χ0n) is 15.1. The number of benzene rings is 2. The van der Waals surface area contributed by atoms with Gasteiger partial charge in [-0.1, -0.05) is 42.0 Å². The van der Waals surface area contributed by atoms with E-state index in [9.17, 15) is 9.90 Å². The highest BCUT2D eigenvalue weighted by Crippen LogP contribution is 2.19. The maximum Gasteiger partial charge on any atom is 0.318 e.